The third kappa shape index (κ3) is 2.28. The molecule has 7 heteroatoms. The number of aromatic carboxylic acids is 1. The van der Waals surface area contributed by atoms with Gasteiger partial charge in [0.05, 0.1) is 12.4 Å². The molecule has 0 fully saturated rings. The highest BCUT2D eigenvalue weighted by Crippen LogP contribution is 2.13. The van der Waals surface area contributed by atoms with Gasteiger partial charge in [0.2, 0.25) is 0 Å². The molecule has 0 saturated heterocycles. The number of hydrogen-bond donors (Lipinski definition) is 1. The molecule has 0 saturated carbocycles. The third-order valence-corrected chi connectivity index (χ3v) is 1.83. The maximum absolute atomic E-state index is 11.6. The number of pyridine rings is 1. The second kappa shape index (κ2) is 4.44. The van der Waals surface area contributed by atoms with Gasteiger partial charge in [-0.05, 0) is 12.1 Å². The van der Waals surface area contributed by atoms with Crippen LogP contribution in [0, 0.1) is 0 Å². The highest BCUT2D eigenvalue weighted by molar-refractivity contribution is 6.00. The first-order valence-electron chi connectivity index (χ1n) is 4.48. The summed E-state index contributed by atoms with van der Waals surface area (Å²) in [6.07, 6.45) is 3.76. The number of aromatic nitrogens is 2. The van der Waals surface area contributed by atoms with Gasteiger partial charge in [0.25, 0.3) is 5.76 Å². The highest BCUT2D eigenvalue weighted by Gasteiger charge is 2.23. The van der Waals surface area contributed by atoms with Crippen LogP contribution in [0.1, 0.15) is 20.9 Å². The molecule has 0 amide bonds. The number of nitrogens with zero attached hydrogens (tertiary/aromatic N) is 2. The van der Waals surface area contributed by atoms with Gasteiger partial charge in [0, 0.05) is 6.20 Å². The van der Waals surface area contributed by atoms with E-state index in [0.717, 1.165) is 6.20 Å². The van der Waals surface area contributed by atoms with E-state index in [4.69, 9.17) is 9.84 Å². The lowest BCUT2D eigenvalue weighted by molar-refractivity contribution is 0.0644. The Balaban J connectivity index is 2.21. The summed E-state index contributed by atoms with van der Waals surface area (Å²) in [5.41, 5.74) is -0.348. The molecule has 86 valence electrons. The Morgan fingerprint density at radius 1 is 1.35 bits per heavy atom. The van der Waals surface area contributed by atoms with E-state index in [9.17, 15) is 9.59 Å². The standard InChI is InChI=1S/C10H6N2O5/c13-9(14)7-5-12-17-8(7)10(15)16-6-2-1-3-11-4-6/h1-5H,(H,13,14). The summed E-state index contributed by atoms with van der Waals surface area (Å²) in [4.78, 5) is 26.0. The van der Waals surface area contributed by atoms with Gasteiger partial charge < -0.3 is 14.4 Å². The van der Waals surface area contributed by atoms with E-state index in [1.807, 2.05) is 0 Å². The summed E-state index contributed by atoms with van der Waals surface area (Å²) in [6, 6.07) is 3.07. The lowest BCUT2D eigenvalue weighted by atomic mass is 10.2. The molecule has 2 heterocycles. The number of carboxylic acids is 1. The van der Waals surface area contributed by atoms with E-state index >= 15 is 0 Å². The molecule has 0 aromatic carbocycles. The quantitative estimate of drug-likeness (QED) is 0.789. The van der Waals surface area contributed by atoms with Gasteiger partial charge in [-0.1, -0.05) is 5.16 Å². The minimum atomic E-state index is -1.32. The fourth-order valence-electron chi connectivity index (χ4n) is 1.10. The molecule has 17 heavy (non-hydrogen) atoms. The summed E-state index contributed by atoms with van der Waals surface area (Å²) in [5, 5.41) is 12.0. The molecule has 2 aromatic heterocycles. The predicted octanol–water partition coefficient (Wildman–Crippen LogP) is 0.987. The lowest BCUT2D eigenvalue weighted by Crippen LogP contribution is -2.12. The lowest BCUT2D eigenvalue weighted by Gasteiger charge is -2.00. The van der Waals surface area contributed by atoms with Crippen molar-refractivity contribution in [3.8, 4) is 5.75 Å². The molecule has 0 radical (unpaired) electrons. The van der Waals surface area contributed by atoms with Gasteiger partial charge in [0.1, 0.15) is 11.3 Å². The second-order valence-corrected chi connectivity index (χ2v) is 2.95. The van der Waals surface area contributed by atoms with Gasteiger partial charge in [-0.15, -0.1) is 0 Å². The minimum absolute atomic E-state index is 0.185. The zero-order valence-corrected chi connectivity index (χ0v) is 8.36. The Morgan fingerprint density at radius 3 is 2.82 bits per heavy atom. The molecule has 0 atom stereocenters. The fourth-order valence-corrected chi connectivity index (χ4v) is 1.10. The first-order chi connectivity index (χ1) is 8.18. The Bertz CT molecular complexity index is 549. The molecular weight excluding hydrogens is 228 g/mol. The van der Waals surface area contributed by atoms with Gasteiger partial charge in [-0.2, -0.15) is 0 Å². The van der Waals surface area contributed by atoms with Crippen LogP contribution in [0.5, 0.6) is 5.75 Å². The normalized spacial score (nSPS) is 9.88. The zero-order valence-electron chi connectivity index (χ0n) is 8.36. The summed E-state index contributed by atoms with van der Waals surface area (Å²) in [5.74, 6) is -2.52. The van der Waals surface area contributed by atoms with Crippen molar-refractivity contribution in [3.63, 3.8) is 0 Å². The van der Waals surface area contributed by atoms with Crippen LogP contribution in [0.3, 0.4) is 0 Å². The molecule has 0 aliphatic heterocycles. The van der Waals surface area contributed by atoms with Crippen molar-refractivity contribution in [1.82, 2.24) is 10.1 Å². The SMILES string of the molecule is O=C(O)c1cnoc1C(=O)Oc1cccnc1. The van der Waals surface area contributed by atoms with Crippen molar-refractivity contribution in [2.75, 3.05) is 0 Å². The van der Waals surface area contributed by atoms with E-state index in [0.29, 0.717) is 0 Å². The fraction of sp³-hybridized carbons (Fsp3) is 0. The third-order valence-electron chi connectivity index (χ3n) is 1.83. The predicted molar refractivity (Wildman–Crippen MR) is 52.7 cm³/mol. The van der Waals surface area contributed by atoms with Crippen LogP contribution in [0.2, 0.25) is 0 Å². The molecule has 0 bridgehead atoms. The van der Waals surface area contributed by atoms with Crippen LogP contribution < -0.4 is 4.74 Å². The van der Waals surface area contributed by atoms with Crippen LogP contribution in [0.25, 0.3) is 0 Å². The molecule has 7 nitrogen and oxygen atoms in total. The number of rotatable bonds is 3. The topological polar surface area (TPSA) is 103 Å². The molecule has 0 aliphatic rings. The van der Waals surface area contributed by atoms with Crippen molar-refractivity contribution < 1.29 is 24.0 Å². The van der Waals surface area contributed by atoms with E-state index in [1.54, 1.807) is 6.07 Å². The average Bonchev–Trinajstić information content (AvgIpc) is 2.79. The van der Waals surface area contributed by atoms with Crippen molar-refractivity contribution in [2.24, 2.45) is 0 Å². The van der Waals surface area contributed by atoms with Crippen molar-refractivity contribution in [3.05, 3.63) is 42.0 Å². The van der Waals surface area contributed by atoms with Crippen molar-refractivity contribution in [2.45, 2.75) is 0 Å². The number of hydrogen-bond acceptors (Lipinski definition) is 6. The van der Waals surface area contributed by atoms with Crippen LogP contribution in [-0.4, -0.2) is 27.2 Å². The van der Waals surface area contributed by atoms with Crippen molar-refractivity contribution in [1.29, 1.82) is 0 Å². The van der Waals surface area contributed by atoms with Crippen LogP contribution in [-0.2, 0) is 0 Å². The van der Waals surface area contributed by atoms with Gasteiger partial charge >= 0.3 is 11.9 Å². The summed E-state index contributed by atoms with van der Waals surface area (Å²) in [7, 11) is 0. The average molecular weight is 234 g/mol. The molecule has 0 spiro atoms. The summed E-state index contributed by atoms with van der Waals surface area (Å²) < 4.78 is 9.39. The summed E-state index contributed by atoms with van der Waals surface area (Å²) in [6.45, 7) is 0. The monoisotopic (exact) mass is 234 g/mol. The number of carbonyl (C=O) groups excluding carboxylic acids is 1. The van der Waals surface area contributed by atoms with Gasteiger partial charge in [-0.25, -0.2) is 9.59 Å². The van der Waals surface area contributed by atoms with E-state index in [2.05, 4.69) is 14.7 Å². The van der Waals surface area contributed by atoms with Crippen LogP contribution in [0.15, 0.2) is 35.2 Å². The largest absolute Gasteiger partial charge is 0.477 e. The zero-order chi connectivity index (χ0) is 12.3. The van der Waals surface area contributed by atoms with Crippen LogP contribution >= 0.6 is 0 Å². The van der Waals surface area contributed by atoms with E-state index in [1.165, 1.54) is 18.5 Å². The molecule has 0 unspecified atom stereocenters. The summed E-state index contributed by atoms with van der Waals surface area (Å²) >= 11 is 0. The number of carboxylic acid groups (broad SMARTS) is 1. The maximum atomic E-state index is 11.6. The Kier molecular flexibility index (Phi) is 2.82. The van der Waals surface area contributed by atoms with Gasteiger partial charge in [-0.3, -0.25) is 4.98 Å². The Hall–Kier alpha value is -2.70. The molecule has 1 N–H and O–H groups in total. The molecule has 2 rings (SSSR count). The number of carbonyl (C=O) groups is 2. The first-order valence-corrected chi connectivity index (χ1v) is 4.48. The molecule has 2 aromatic rings. The Labute approximate surface area is 94.6 Å². The van der Waals surface area contributed by atoms with E-state index < -0.39 is 17.7 Å². The van der Waals surface area contributed by atoms with E-state index in [-0.39, 0.29) is 11.3 Å². The van der Waals surface area contributed by atoms with Gasteiger partial charge in [0.15, 0.2) is 0 Å². The second-order valence-electron chi connectivity index (χ2n) is 2.95. The molecule has 0 aliphatic carbocycles. The number of esters is 1. The number of ether oxygens (including phenoxy) is 1. The smallest absolute Gasteiger partial charge is 0.383 e. The first kappa shape index (κ1) is 10.8. The van der Waals surface area contributed by atoms with Crippen LogP contribution in [0.4, 0.5) is 0 Å². The van der Waals surface area contributed by atoms with Crippen molar-refractivity contribution >= 4 is 11.9 Å². The Morgan fingerprint density at radius 2 is 2.18 bits per heavy atom. The molecular formula is C10H6N2O5. The maximum Gasteiger partial charge on any atom is 0.383 e. The highest BCUT2D eigenvalue weighted by atomic mass is 16.6. The minimum Gasteiger partial charge on any atom is -0.477 e.